The van der Waals surface area contributed by atoms with Crippen molar-refractivity contribution in [2.24, 2.45) is 5.73 Å². The fraction of sp³-hybridized carbons (Fsp3) is 0.500. The standard InChI is InChI=1S/C14H19NO3/c15-13(9-14(16)17)12-4-2-1-3-11(12)10-5-7-18-8-6-10/h1-4,10,13H,5-9,15H2,(H,16,17). The van der Waals surface area contributed by atoms with Crippen LogP contribution >= 0.6 is 0 Å². The predicted octanol–water partition coefficient (Wildman–Crippen LogP) is 2.06. The Bertz CT molecular complexity index is 413. The van der Waals surface area contributed by atoms with Crippen LogP contribution in [0.2, 0.25) is 0 Å². The summed E-state index contributed by atoms with van der Waals surface area (Å²) in [6, 6.07) is 7.48. The molecule has 1 aliphatic rings. The molecule has 1 heterocycles. The molecule has 3 N–H and O–H groups in total. The monoisotopic (exact) mass is 249 g/mol. The fourth-order valence-electron chi connectivity index (χ4n) is 2.53. The third-order valence-electron chi connectivity index (χ3n) is 3.45. The molecule has 1 fully saturated rings. The fourth-order valence-corrected chi connectivity index (χ4v) is 2.53. The molecule has 1 unspecified atom stereocenters. The Kier molecular flexibility index (Phi) is 4.33. The first-order valence-corrected chi connectivity index (χ1v) is 6.32. The van der Waals surface area contributed by atoms with Gasteiger partial charge in [-0.15, -0.1) is 0 Å². The van der Waals surface area contributed by atoms with E-state index >= 15 is 0 Å². The van der Waals surface area contributed by atoms with Crippen LogP contribution in [0.25, 0.3) is 0 Å². The zero-order valence-corrected chi connectivity index (χ0v) is 10.3. The number of aliphatic carboxylic acids is 1. The zero-order valence-electron chi connectivity index (χ0n) is 10.3. The zero-order chi connectivity index (χ0) is 13.0. The molecule has 1 saturated heterocycles. The van der Waals surface area contributed by atoms with Gasteiger partial charge in [0.05, 0.1) is 6.42 Å². The average Bonchev–Trinajstić information content (AvgIpc) is 2.39. The van der Waals surface area contributed by atoms with Crippen LogP contribution in [-0.4, -0.2) is 24.3 Å². The van der Waals surface area contributed by atoms with Crippen molar-refractivity contribution in [3.63, 3.8) is 0 Å². The molecule has 18 heavy (non-hydrogen) atoms. The lowest BCUT2D eigenvalue weighted by Gasteiger charge is -2.26. The Morgan fingerprint density at radius 3 is 2.72 bits per heavy atom. The number of ether oxygens (including phenoxy) is 1. The number of rotatable bonds is 4. The van der Waals surface area contributed by atoms with E-state index in [0.29, 0.717) is 5.92 Å². The van der Waals surface area contributed by atoms with E-state index in [4.69, 9.17) is 15.6 Å². The summed E-state index contributed by atoms with van der Waals surface area (Å²) in [4.78, 5) is 10.8. The second-order valence-corrected chi connectivity index (χ2v) is 4.72. The maximum absolute atomic E-state index is 10.8. The van der Waals surface area contributed by atoms with Gasteiger partial charge in [-0.3, -0.25) is 4.79 Å². The van der Waals surface area contributed by atoms with Crippen LogP contribution in [0.1, 0.15) is 42.3 Å². The molecule has 0 bridgehead atoms. The van der Waals surface area contributed by atoms with Crippen molar-refractivity contribution >= 4 is 5.97 Å². The van der Waals surface area contributed by atoms with Gasteiger partial charge in [-0.1, -0.05) is 24.3 Å². The van der Waals surface area contributed by atoms with Gasteiger partial charge in [0.1, 0.15) is 0 Å². The summed E-state index contributed by atoms with van der Waals surface area (Å²) in [6.45, 7) is 1.54. The molecule has 0 saturated carbocycles. The third kappa shape index (κ3) is 3.09. The summed E-state index contributed by atoms with van der Waals surface area (Å²) in [5.41, 5.74) is 8.15. The van der Waals surface area contributed by atoms with Crippen LogP contribution in [0.5, 0.6) is 0 Å². The Morgan fingerprint density at radius 1 is 1.39 bits per heavy atom. The second-order valence-electron chi connectivity index (χ2n) is 4.72. The van der Waals surface area contributed by atoms with E-state index in [1.807, 2.05) is 18.2 Å². The molecule has 1 aliphatic heterocycles. The van der Waals surface area contributed by atoms with E-state index in [0.717, 1.165) is 31.6 Å². The highest BCUT2D eigenvalue weighted by molar-refractivity contribution is 5.68. The van der Waals surface area contributed by atoms with E-state index in [1.165, 1.54) is 5.56 Å². The highest BCUT2D eigenvalue weighted by Gasteiger charge is 2.21. The lowest BCUT2D eigenvalue weighted by Crippen LogP contribution is -2.20. The van der Waals surface area contributed by atoms with Crippen LogP contribution in [0.3, 0.4) is 0 Å². The molecular formula is C14H19NO3. The number of benzene rings is 1. The Labute approximate surface area is 107 Å². The predicted molar refractivity (Wildman–Crippen MR) is 68.4 cm³/mol. The highest BCUT2D eigenvalue weighted by atomic mass is 16.5. The normalized spacial score (nSPS) is 18.5. The van der Waals surface area contributed by atoms with E-state index in [9.17, 15) is 4.79 Å². The van der Waals surface area contributed by atoms with Gasteiger partial charge in [0.2, 0.25) is 0 Å². The van der Waals surface area contributed by atoms with Crippen molar-refractivity contribution in [1.29, 1.82) is 0 Å². The maximum Gasteiger partial charge on any atom is 0.305 e. The lowest BCUT2D eigenvalue weighted by atomic mass is 9.85. The van der Waals surface area contributed by atoms with Crippen LogP contribution in [0.15, 0.2) is 24.3 Å². The third-order valence-corrected chi connectivity index (χ3v) is 3.45. The van der Waals surface area contributed by atoms with E-state index in [-0.39, 0.29) is 6.42 Å². The lowest BCUT2D eigenvalue weighted by molar-refractivity contribution is -0.137. The van der Waals surface area contributed by atoms with Crippen molar-refractivity contribution in [1.82, 2.24) is 0 Å². The summed E-state index contributed by atoms with van der Waals surface area (Å²) in [5.74, 6) is -0.418. The number of hydrogen-bond donors (Lipinski definition) is 2. The Morgan fingerprint density at radius 2 is 2.06 bits per heavy atom. The molecule has 98 valence electrons. The largest absolute Gasteiger partial charge is 0.481 e. The van der Waals surface area contributed by atoms with Crippen molar-refractivity contribution < 1.29 is 14.6 Å². The molecule has 1 aromatic carbocycles. The number of carbonyl (C=O) groups is 1. The van der Waals surface area contributed by atoms with Crippen molar-refractivity contribution in [2.45, 2.75) is 31.2 Å². The first kappa shape index (κ1) is 13.1. The summed E-state index contributed by atoms with van der Waals surface area (Å²) < 4.78 is 5.36. The molecule has 1 aromatic rings. The Balaban J connectivity index is 2.21. The topological polar surface area (TPSA) is 72.6 Å². The van der Waals surface area contributed by atoms with Crippen LogP contribution < -0.4 is 5.73 Å². The van der Waals surface area contributed by atoms with Gasteiger partial charge in [-0.25, -0.2) is 0 Å². The van der Waals surface area contributed by atoms with Crippen LogP contribution in [0, 0.1) is 0 Å². The SMILES string of the molecule is NC(CC(=O)O)c1ccccc1C1CCOCC1. The van der Waals surface area contributed by atoms with Gasteiger partial charge in [0.25, 0.3) is 0 Å². The van der Waals surface area contributed by atoms with Crippen molar-refractivity contribution in [3.05, 3.63) is 35.4 Å². The molecule has 2 rings (SSSR count). The van der Waals surface area contributed by atoms with Gasteiger partial charge < -0.3 is 15.6 Å². The van der Waals surface area contributed by atoms with E-state index in [1.54, 1.807) is 0 Å². The van der Waals surface area contributed by atoms with Gasteiger partial charge in [-0.2, -0.15) is 0 Å². The molecule has 0 amide bonds. The molecule has 4 nitrogen and oxygen atoms in total. The first-order valence-electron chi connectivity index (χ1n) is 6.32. The Hall–Kier alpha value is -1.39. The minimum absolute atomic E-state index is 0.0275. The van der Waals surface area contributed by atoms with Gasteiger partial charge in [0.15, 0.2) is 0 Å². The average molecular weight is 249 g/mol. The van der Waals surface area contributed by atoms with Gasteiger partial charge in [0, 0.05) is 19.3 Å². The van der Waals surface area contributed by atoms with Crippen molar-refractivity contribution in [3.8, 4) is 0 Å². The molecular weight excluding hydrogens is 230 g/mol. The van der Waals surface area contributed by atoms with E-state index in [2.05, 4.69) is 6.07 Å². The molecule has 0 spiro atoms. The van der Waals surface area contributed by atoms with Gasteiger partial charge >= 0.3 is 5.97 Å². The second kappa shape index (κ2) is 5.98. The molecule has 0 radical (unpaired) electrons. The van der Waals surface area contributed by atoms with Gasteiger partial charge in [-0.05, 0) is 29.9 Å². The quantitative estimate of drug-likeness (QED) is 0.856. The van der Waals surface area contributed by atoms with Crippen LogP contribution in [-0.2, 0) is 9.53 Å². The number of nitrogens with two attached hydrogens (primary N) is 1. The number of carboxylic acids is 1. The summed E-state index contributed by atoms with van der Waals surface area (Å²) >= 11 is 0. The molecule has 1 atom stereocenters. The molecule has 0 aromatic heterocycles. The smallest absolute Gasteiger partial charge is 0.305 e. The number of carboxylic acid groups (broad SMARTS) is 1. The molecule has 4 heteroatoms. The van der Waals surface area contributed by atoms with Crippen LogP contribution in [0.4, 0.5) is 0 Å². The maximum atomic E-state index is 10.8. The highest BCUT2D eigenvalue weighted by Crippen LogP contribution is 2.32. The minimum atomic E-state index is -0.857. The summed E-state index contributed by atoms with van der Waals surface area (Å²) in [6.07, 6.45) is 1.94. The first-order chi connectivity index (χ1) is 8.68. The summed E-state index contributed by atoms with van der Waals surface area (Å²) in [5, 5.41) is 8.85. The molecule has 0 aliphatic carbocycles. The summed E-state index contributed by atoms with van der Waals surface area (Å²) in [7, 11) is 0. The van der Waals surface area contributed by atoms with Crippen molar-refractivity contribution in [2.75, 3.05) is 13.2 Å². The van der Waals surface area contributed by atoms with E-state index < -0.39 is 12.0 Å². The minimum Gasteiger partial charge on any atom is -0.481 e. The number of hydrogen-bond acceptors (Lipinski definition) is 3.